The van der Waals surface area contributed by atoms with Gasteiger partial charge in [0, 0.05) is 43.2 Å². The lowest BCUT2D eigenvalue weighted by Gasteiger charge is -2.53. The molecule has 3 aromatic rings. The van der Waals surface area contributed by atoms with Crippen LogP contribution in [0.2, 0.25) is 0 Å². The quantitative estimate of drug-likeness (QED) is 0.374. The van der Waals surface area contributed by atoms with E-state index in [-0.39, 0.29) is 41.3 Å². The number of carbonyl (C=O) groups is 1. The van der Waals surface area contributed by atoms with Crippen molar-refractivity contribution in [3.05, 3.63) is 76.4 Å². The fourth-order valence-electron chi connectivity index (χ4n) is 6.56. The first kappa shape index (κ1) is 28.7. The van der Waals surface area contributed by atoms with Gasteiger partial charge in [0.15, 0.2) is 5.60 Å². The molecule has 0 unspecified atom stereocenters. The Morgan fingerprint density at radius 3 is 2.36 bits per heavy atom. The molecule has 224 valence electrons. The maximum Gasteiger partial charge on any atom is 0.417 e. The van der Waals surface area contributed by atoms with E-state index in [4.69, 9.17) is 0 Å². The maximum atomic E-state index is 14.2. The third kappa shape index (κ3) is 4.48. The van der Waals surface area contributed by atoms with Crippen LogP contribution in [0.4, 0.5) is 32.0 Å². The van der Waals surface area contributed by atoms with Gasteiger partial charge in [0.2, 0.25) is 0 Å². The van der Waals surface area contributed by atoms with Gasteiger partial charge in [0.25, 0.3) is 5.91 Å². The van der Waals surface area contributed by atoms with Gasteiger partial charge in [-0.15, -0.1) is 10.2 Å². The SMILES string of the molecule is Cn1cnnc1[C@]1(c2cccc(N3Cc4c(cc(CNC5(C)CCC5)cc4C(F)(F)F)C3=O)c2)C[C@@](O)(C(F)(F)F)C1. The van der Waals surface area contributed by atoms with Gasteiger partial charge in [-0.1, -0.05) is 12.1 Å². The summed E-state index contributed by atoms with van der Waals surface area (Å²) in [5.41, 5.74) is -4.64. The van der Waals surface area contributed by atoms with Gasteiger partial charge in [-0.25, -0.2) is 0 Å². The number of anilines is 1. The molecule has 6 rings (SSSR count). The number of hydrogen-bond donors (Lipinski definition) is 2. The van der Waals surface area contributed by atoms with Crippen LogP contribution in [0.3, 0.4) is 0 Å². The number of rotatable bonds is 6. The molecule has 13 heteroatoms. The second-order valence-electron chi connectivity index (χ2n) is 12.1. The lowest BCUT2D eigenvalue weighted by molar-refractivity contribution is -0.301. The minimum absolute atomic E-state index is 0.0519. The number of aromatic nitrogens is 3. The highest BCUT2D eigenvalue weighted by Crippen LogP contribution is 2.59. The molecule has 2 aromatic carbocycles. The second-order valence-corrected chi connectivity index (χ2v) is 12.1. The first-order chi connectivity index (χ1) is 19.6. The van der Waals surface area contributed by atoms with Crippen LogP contribution in [0.25, 0.3) is 0 Å². The van der Waals surface area contributed by atoms with Crippen LogP contribution in [0.1, 0.15) is 77.5 Å². The standard InChI is InChI=1S/C29H29F6N5O2/c1-25(7-4-8-25)36-12-17-9-20-21(22(10-17)28(30,31)32)13-40(23(20)41)19-6-3-5-18(11-19)26(24-38-37-16-39(24)2)14-27(42,15-26)29(33,34)35/h3,5-6,9-11,16,36,42H,4,7-8,12-15H2,1-2H3/t26-,27+. The Morgan fingerprint density at radius 2 is 1.79 bits per heavy atom. The van der Waals surface area contributed by atoms with Crippen LogP contribution in [0.5, 0.6) is 0 Å². The Kier molecular flexibility index (Phi) is 6.33. The molecule has 2 heterocycles. The zero-order chi connectivity index (χ0) is 30.3. The van der Waals surface area contributed by atoms with Crippen LogP contribution < -0.4 is 10.2 Å². The molecule has 1 aliphatic heterocycles. The average Bonchev–Trinajstić information content (AvgIpc) is 3.45. The van der Waals surface area contributed by atoms with Crippen molar-refractivity contribution in [2.45, 2.75) is 81.0 Å². The molecular weight excluding hydrogens is 564 g/mol. The Hall–Kier alpha value is -3.45. The normalized spacial score (nSPS) is 25.3. The van der Waals surface area contributed by atoms with E-state index in [9.17, 15) is 36.2 Å². The highest BCUT2D eigenvalue weighted by atomic mass is 19.4. The van der Waals surface area contributed by atoms with Crippen molar-refractivity contribution < 1.29 is 36.2 Å². The van der Waals surface area contributed by atoms with Gasteiger partial charge in [-0.2, -0.15) is 26.3 Å². The number of fused-ring (bicyclic) bond motifs is 1. The average molecular weight is 594 g/mol. The zero-order valence-electron chi connectivity index (χ0n) is 22.9. The summed E-state index contributed by atoms with van der Waals surface area (Å²) in [6.45, 7) is 1.85. The number of nitrogens with one attached hydrogen (secondary N) is 1. The van der Waals surface area contributed by atoms with Crippen LogP contribution in [-0.4, -0.2) is 43.1 Å². The molecule has 3 aliphatic rings. The fourth-order valence-corrected chi connectivity index (χ4v) is 6.56. The molecule has 0 bridgehead atoms. The Morgan fingerprint density at radius 1 is 1.07 bits per heavy atom. The number of carbonyl (C=O) groups excluding carboxylic acids is 1. The first-order valence-electron chi connectivity index (χ1n) is 13.6. The Balaban J connectivity index is 1.35. The lowest BCUT2D eigenvalue weighted by atomic mass is 9.55. The van der Waals surface area contributed by atoms with Crippen molar-refractivity contribution in [3.63, 3.8) is 0 Å². The van der Waals surface area contributed by atoms with Gasteiger partial charge in [0.1, 0.15) is 12.2 Å². The summed E-state index contributed by atoms with van der Waals surface area (Å²) in [6.07, 6.45) is -6.79. The highest BCUT2D eigenvalue weighted by Gasteiger charge is 2.69. The van der Waals surface area contributed by atoms with E-state index in [0.717, 1.165) is 25.3 Å². The number of alkyl halides is 6. The molecule has 0 spiro atoms. The zero-order valence-corrected chi connectivity index (χ0v) is 22.9. The molecule has 0 radical (unpaired) electrons. The van der Waals surface area contributed by atoms with Crippen molar-refractivity contribution in [2.24, 2.45) is 7.05 Å². The second kappa shape index (κ2) is 9.27. The molecule has 2 aliphatic carbocycles. The molecule has 2 fully saturated rings. The molecule has 42 heavy (non-hydrogen) atoms. The topological polar surface area (TPSA) is 83.3 Å². The largest absolute Gasteiger partial charge is 0.417 e. The monoisotopic (exact) mass is 593 g/mol. The van der Waals surface area contributed by atoms with Crippen LogP contribution in [0, 0.1) is 0 Å². The molecule has 2 saturated carbocycles. The van der Waals surface area contributed by atoms with Gasteiger partial charge in [-0.3, -0.25) is 4.79 Å². The number of aryl methyl sites for hydroxylation is 1. The summed E-state index contributed by atoms with van der Waals surface area (Å²) in [7, 11) is 1.57. The molecule has 2 N–H and O–H groups in total. The molecule has 1 amide bonds. The van der Waals surface area contributed by atoms with E-state index in [0.29, 0.717) is 11.1 Å². The highest BCUT2D eigenvalue weighted by molar-refractivity contribution is 6.10. The molecule has 7 nitrogen and oxygen atoms in total. The molecule has 1 aromatic heterocycles. The minimum atomic E-state index is -4.88. The van der Waals surface area contributed by atoms with Crippen molar-refractivity contribution in [1.29, 1.82) is 0 Å². The van der Waals surface area contributed by atoms with Crippen molar-refractivity contribution in [2.75, 3.05) is 4.90 Å². The number of halogens is 6. The van der Waals surface area contributed by atoms with E-state index in [1.165, 1.54) is 40.1 Å². The Bertz CT molecular complexity index is 1550. The number of amides is 1. The summed E-state index contributed by atoms with van der Waals surface area (Å²) >= 11 is 0. The smallest absolute Gasteiger partial charge is 0.380 e. The number of aliphatic hydroxyl groups is 1. The summed E-state index contributed by atoms with van der Waals surface area (Å²) < 4.78 is 85.1. The van der Waals surface area contributed by atoms with Crippen molar-refractivity contribution >= 4 is 11.6 Å². The predicted molar refractivity (Wildman–Crippen MR) is 140 cm³/mol. The van der Waals surface area contributed by atoms with Crippen LogP contribution in [0.15, 0.2) is 42.7 Å². The van der Waals surface area contributed by atoms with Gasteiger partial charge >= 0.3 is 12.4 Å². The van der Waals surface area contributed by atoms with E-state index in [1.807, 2.05) is 6.92 Å². The van der Waals surface area contributed by atoms with Crippen LogP contribution >= 0.6 is 0 Å². The number of hydrogen-bond acceptors (Lipinski definition) is 5. The fraction of sp³-hybridized carbons (Fsp3) is 0.483. The number of benzene rings is 2. The first-order valence-corrected chi connectivity index (χ1v) is 13.6. The Labute approximate surface area is 237 Å². The van der Waals surface area contributed by atoms with E-state index < -0.39 is 47.7 Å². The molecule has 0 atom stereocenters. The summed E-state index contributed by atoms with van der Waals surface area (Å²) in [5, 5.41) is 21.5. The summed E-state index contributed by atoms with van der Waals surface area (Å²) in [6, 6.07) is 8.68. The predicted octanol–water partition coefficient (Wildman–Crippen LogP) is 5.40. The van der Waals surface area contributed by atoms with Gasteiger partial charge in [-0.05, 0) is 67.1 Å². The lowest BCUT2D eigenvalue weighted by Crippen LogP contribution is -2.63. The third-order valence-electron chi connectivity index (χ3n) is 9.15. The molecular formula is C29H29F6N5O2. The summed E-state index contributed by atoms with van der Waals surface area (Å²) in [4.78, 5) is 14.8. The molecule has 0 saturated heterocycles. The van der Waals surface area contributed by atoms with Gasteiger partial charge < -0.3 is 19.9 Å². The van der Waals surface area contributed by atoms with E-state index in [1.54, 1.807) is 13.1 Å². The van der Waals surface area contributed by atoms with Crippen molar-refractivity contribution in [3.8, 4) is 0 Å². The van der Waals surface area contributed by atoms with E-state index in [2.05, 4.69) is 15.5 Å². The van der Waals surface area contributed by atoms with Crippen molar-refractivity contribution in [1.82, 2.24) is 20.1 Å². The van der Waals surface area contributed by atoms with E-state index >= 15 is 0 Å². The van der Waals surface area contributed by atoms with Gasteiger partial charge in [0.05, 0.1) is 17.5 Å². The summed E-state index contributed by atoms with van der Waals surface area (Å²) in [5.74, 6) is -0.432. The number of nitrogens with zero attached hydrogens (tertiary/aromatic N) is 4. The third-order valence-corrected chi connectivity index (χ3v) is 9.15. The maximum absolute atomic E-state index is 14.2. The minimum Gasteiger partial charge on any atom is -0.380 e. The van der Waals surface area contributed by atoms with Crippen LogP contribution in [-0.2, 0) is 31.7 Å².